The molecule has 2 aromatic heterocycles. The SMILES string of the molecule is C[C@@H]1CCCN(C(=O)c2ccc(Cl)cc2-c2ncccn2)C1CNc1ncc(C(F)(F)F)cn1. The summed E-state index contributed by atoms with van der Waals surface area (Å²) < 4.78 is 38.3. The van der Waals surface area contributed by atoms with Gasteiger partial charge in [0, 0.05) is 48.5 Å². The number of nitrogens with one attached hydrogen (secondary N) is 1. The summed E-state index contributed by atoms with van der Waals surface area (Å²) in [5.74, 6) is 0.434. The van der Waals surface area contributed by atoms with Crippen molar-refractivity contribution in [2.24, 2.45) is 5.92 Å². The summed E-state index contributed by atoms with van der Waals surface area (Å²) in [6, 6.07) is 6.46. The fraction of sp³-hybridized carbons (Fsp3) is 0.348. The van der Waals surface area contributed by atoms with Crippen LogP contribution in [-0.4, -0.2) is 49.9 Å². The molecule has 34 heavy (non-hydrogen) atoms. The third kappa shape index (κ3) is 5.27. The van der Waals surface area contributed by atoms with Crippen molar-refractivity contribution < 1.29 is 18.0 Å². The number of carbonyl (C=O) groups is 1. The van der Waals surface area contributed by atoms with Gasteiger partial charge in [-0.1, -0.05) is 18.5 Å². The number of hydrogen-bond donors (Lipinski definition) is 1. The maximum absolute atomic E-state index is 13.7. The van der Waals surface area contributed by atoms with E-state index >= 15 is 0 Å². The molecular weight excluding hydrogens is 469 g/mol. The zero-order chi connectivity index (χ0) is 24.3. The molecule has 0 bridgehead atoms. The third-order valence-corrected chi connectivity index (χ3v) is 6.08. The van der Waals surface area contributed by atoms with Crippen LogP contribution in [0.4, 0.5) is 19.1 Å². The normalized spacial score (nSPS) is 18.6. The lowest BCUT2D eigenvalue weighted by atomic mass is 9.89. The first kappa shape index (κ1) is 23.9. The summed E-state index contributed by atoms with van der Waals surface area (Å²) in [5.41, 5.74) is 0.0499. The number of benzene rings is 1. The van der Waals surface area contributed by atoms with Gasteiger partial charge in [0.2, 0.25) is 5.95 Å². The monoisotopic (exact) mass is 490 g/mol. The Balaban J connectivity index is 1.56. The van der Waals surface area contributed by atoms with Gasteiger partial charge in [-0.15, -0.1) is 0 Å². The Bertz CT molecular complexity index is 1140. The smallest absolute Gasteiger partial charge is 0.352 e. The molecule has 1 aliphatic rings. The quantitative estimate of drug-likeness (QED) is 0.544. The second kappa shape index (κ2) is 9.92. The van der Waals surface area contributed by atoms with Gasteiger partial charge in [-0.25, -0.2) is 19.9 Å². The molecule has 3 aromatic rings. The second-order valence-corrected chi connectivity index (χ2v) is 8.56. The number of halogens is 4. The fourth-order valence-electron chi connectivity index (χ4n) is 4.05. The van der Waals surface area contributed by atoms with Crippen molar-refractivity contribution in [3.05, 3.63) is 65.2 Å². The maximum Gasteiger partial charge on any atom is 0.419 e. The molecule has 0 aliphatic carbocycles. The Morgan fingerprint density at radius 3 is 2.56 bits per heavy atom. The van der Waals surface area contributed by atoms with E-state index in [4.69, 9.17) is 11.6 Å². The number of alkyl halides is 3. The number of aromatic nitrogens is 4. The summed E-state index contributed by atoms with van der Waals surface area (Å²) in [6.07, 6.45) is 1.92. The van der Waals surface area contributed by atoms with Gasteiger partial charge in [0.1, 0.15) is 0 Å². The first-order valence-electron chi connectivity index (χ1n) is 10.7. The van der Waals surface area contributed by atoms with Gasteiger partial charge >= 0.3 is 6.18 Å². The Hall–Kier alpha value is -3.27. The highest BCUT2D eigenvalue weighted by Gasteiger charge is 2.34. The molecule has 1 aliphatic heterocycles. The van der Waals surface area contributed by atoms with Crippen LogP contribution in [0.15, 0.2) is 49.1 Å². The molecule has 1 amide bonds. The average molecular weight is 491 g/mol. The van der Waals surface area contributed by atoms with Gasteiger partial charge in [-0.05, 0) is 43.0 Å². The maximum atomic E-state index is 13.7. The number of piperidine rings is 1. The molecule has 1 fully saturated rings. The van der Waals surface area contributed by atoms with Crippen molar-refractivity contribution in [2.45, 2.75) is 32.0 Å². The number of hydrogen-bond acceptors (Lipinski definition) is 6. The van der Waals surface area contributed by atoms with E-state index in [2.05, 4.69) is 25.3 Å². The predicted molar refractivity (Wildman–Crippen MR) is 121 cm³/mol. The zero-order valence-corrected chi connectivity index (χ0v) is 19.0. The van der Waals surface area contributed by atoms with Crippen molar-refractivity contribution in [3.8, 4) is 11.4 Å². The lowest BCUT2D eigenvalue weighted by Gasteiger charge is -2.40. The average Bonchev–Trinajstić information content (AvgIpc) is 2.83. The van der Waals surface area contributed by atoms with Gasteiger partial charge in [0.25, 0.3) is 5.91 Å². The van der Waals surface area contributed by atoms with E-state index in [0.717, 1.165) is 25.2 Å². The molecule has 1 aromatic carbocycles. The molecule has 1 saturated heterocycles. The predicted octanol–water partition coefficient (Wildman–Crippen LogP) is 4.96. The summed E-state index contributed by atoms with van der Waals surface area (Å²) in [6.45, 7) is 2.88. The van der Waals surface area contributed by atoms with E-state index in [0.29, 0.717) is 35.1 Å². The number of amides is 1. The minimum Gasteiger partial charge on any atom is -0.352 e. The first-order chi connectivity index (χ1) is 16.2. The van der Waals surface area contributed by atoms with Crippen LogP contribution in [-0.2, 0) is 6.18 Å². The van der Waals surface area contributed by atoms with Crippen LogP contribution < -0.4 is 5.32 Å². The summed E-state index contributed by atoms with van der Waals surface area (Å²) in [7, 11) is 0. The molecule has 2 atom stereocenters. The highest BCUT2D eigenvalue weighted by Crippen LogP contribution is 2.31. The number of carbonyl (C=O) groups excluding carboxylic acids is 1. The van der Waals surface area contributed by atoms with Crippen LogP contribution in [0.1, 0.15) is 35.7 Å². The molecule has 0 saturated carbocycles. The van der Waals surface area contributed by atoms with Crippen molar-refractivity contribution in [3.63, 3.8) is 0 Å². The lowest BCUT2D eigenvalue weighted by molar-refractivity contribution is -0.138. The molecule has 7 nitrogen and oxygen atoms in total. The second-order valence-electron chi connectivity index (χ2n) is 8.12. The van der Waals surface area contributed by atoms with Gasteiger partial charge in [-0.3, -0.25) is 4.79 Å². The van der Waals surface area contributed by atoms with Crippen molar-refractivity contribution >= 4 is 23.5 Å². The van der Waals surface area contributed by atoms with E-state index in [1.54, 1.807) is 41.6 Å². The number of rotatable bonds is 5. The number of anilines is 1. The van der Waals surface area contributed by atoms with Crippen LogP contribution >= 0.6 is 11.6 Å². The van der Waals surface area contributed by atoms with Crippen LogP contribution in [0.2, 0.25) is 5.02 Å². The molecular formula is C23H22ClF3N6O. The Morgan fingerprint density at radius 1 is 1.18 bits per heavy atom. The Morgan fingerprint density at radius 2 is 1.88 bits per heavy atom. The van der Waals surface area contributed by atoms with E-state index in [-0.39, 0.29) is 23.8 Å². The molecule has 178 valence electrons. The third-order valence-electron chi connectivity index (χ3n) is 5.84. The fourth-order valence-corrected chi connectivity index (χ4v) is 4.23. The van der Waals surface area contributed by atoms with Gasteiger partial charge in [0.15, 0.2) is 5.82 Å². The Kier molecular flexibility index (Phi) is 6.97. The zero-order valence-electron chi connectivity index (χ0n) is 18.3. The van der Waals surface area contributed by atoms with Crippen LogP contribution in [0.25, 0.3) is 11.4 Å². The van der Waals surface area contributed by atoms with Crippen molar-refractivity contribution in [1.29, 1.82) is 0 Å². The van der Waals surface area contributed by atoms with E-state index in [1.807, 2.05) is 6.92 Å². The highest BCUT2D eigenvalue weighted by molar-refractivity contribution is 6.31. The van der Waals surface area contributed by atoms with Crippen LogP contribution in [0.3, 0.4) is 0 Å². The lowest BCUT2D eigenvalue weighted by Crippen LogP contribution is -2.51. The van der Waals surface area contributed by atoms with Crippen molar-refractivity contribution in [2.75, 3.05) is 18.4 Å². The number of likely N-dealkylation sites (tertiary alicyclic amines) is 1. The summed E-state index contributed by atoms with van der Waals surface area (Å²) in [4.78, 5) is 31.5. The van der Waals surface area contributed by atoms with Crippen LogP contribution in [0, 0.1) is 5.92 Å². The highest BCUT2D eigenvalue weighted by atomic mass is 35.5. The molecule has 1 N–H and O–H groups in total. The van der Waals surface area contributed by atoms with Crippen molar-refractivity contribution in [1.82, 2.24) is 24.8 Å². The minimum atomic E-state index is -4.50. The number of nitrogens with zero attached hydrogens (tertiary/aromatic N) is 5. The molecule has 0 radical (unpaired) electrons. The van der Waals surface area contributed by atoms with Gasteiger partial charge in [0.05, 0.1) is 17.2 Å². The van der Waals surface area contributed by atoms with Gasteiger partial charge in [-0.2, -0.15) is 13.2 Å². The van der Waals surface area contributed by atoms with E-state index in [1.165, 1.54) is 0 Å². The topological polar surface area (TPSA) is 83.9 Å². The summed E-state index contributed by atoms with van der Waals surface area (Å²) >= 11 is 6.19. The Labute approximate surface area is 199 Å². The molecule has 11 heteroatoms. The molecule has 3 heterocycles. The largest absolute Gasteiger partial charge is 0.419 e. The first-order valence-corrected chi connectivity index (χ1v) is 11.1. The molecule has 0 spiro atoms. The molecule has 4 rings (SSSR count). The van der Waals surface area contributed by atoms with E-state index in [9.17, 15) is 18.0 Å². The van der Waals surface area contributed by atoms with Crippen LogP contribution in [0.5, 0.6) is 0 Å². The summed E-state index contributed by atoms with van der Waals surface area (Å²) in [5, 5.41) is 3.45. The standard InChI is InChI=1S/C23H22ClF3N6O/c1-14-4-2-9-33(19(14)13-32-22-30-11-15(12-31-22)23(25,26)27)21(34)17-6-5-16(24)10-18(17)20-28-7-3-8-29-20/h3,5-8,10-12,14,19H,2,4,9,13H2,1H3,(H,30,31,32)/t14-,19?/m1/s1. The van der Waals surface area contributed by atoms with E-state index < -0.39 is 11.7 Å². The van der Waals surface area contributed by atoms with Gasteiger partial charge < -0.3 is 10.2 Å². The minimum absolute atomic E-state index is 0.0723. The molecule has 1 unspecified atom stereocenters.